The summed E-state index contributed by atoms with van der Waals surface area (Å²) in [7, 11) is 4.01. The Bertz CT molecular complexity index is 1600. The number of pyridine rings is 1. The van der Waals surface area contributed by atoms with E-state index in [9.17, 15) is 9.18 Å². The van der Waals surface area contributed by atoms with E-state index in [-0.39, 0.29) is 18.1 Å². The molecular weight excluding hydrogens is 546 g/mol. The minimum absolute atomic E-state index is 0.0892. The van der Waals surface area contributed by atoms with Crippen molar-refractivity contribution < 1.29 is 41.3 Å². The molecule has 4 aromatic rings. The Morgan fingerprint density at radius 2 is 1.63 bits per heavy atom. The summed E-state index contributed by atoms with van der Waals surface area (Å²) < 4.78 is 80.6. The van der Waals surface area contributed by atoms with Crippen LogP contribution in [0.5, 0.6) is 23.0 Å². The first-order valence-electron chi connectivity index (χ1n) is 12.1. The number of aromatic nitrogens is 1. The molecule has 0 aliphatic heterocycles. The van der Waals surface area contributed by atoms with Gasteiger partial charge in [0.05, 0.1) is 38.3 Å². The number of aryl methyl sites for hydroxylation is 1. The molecule has 0 saturated carbocycles. The van der Waals surface area contributed by atoms with Crippen molar-refractivity contribution in [3.8, 4) is 23.0 Å². The van der Waals surface area contributed by atoms with Crippen LogP contribution in [0.3, 0.4) is 0 Å². The number of rotatable bonds is 10. The molecule has 3 aromatic carbocycles. The molecular formula is C29H25F4N3O5. The Labute approximate surface area is 232 Å². The highest BCUT2D eigenvalue weighted by atomic mass is 19.2. The van der Waals surface area contributed by atoms with Crippen molar-refractivity contribution in [1.82, 2.24) is 4.98 Å². The van der Waals surface area contributed by atoms with Gasteiger partial charge in [-0.25, -0.2) is 18.6 Å². The second-order valence-corrected chi connectivity index (χ2v) is 8.63. The molecule has 41 heavy (non-hydrogen) atoms. The van der Waals surface area contributed by atoms with Gasteiger partial charge in [-0.3, -0.25) is 0 Å². The van der Waals surface area contributed by atoms with Gasteiger partial charge in [0.1, 0.15) is 17.3 Å². The third-order valence-electron chi connectivity index (χ3n) is 5.98. The summed E-state index contributed by atoms with van der Waals surface area (Å²) in [5.74, 6) is -6.49. The number of benzene rings is 3. The summed E-state index contributed by atoms with van der Waals surface area (Å²) in [6.07, 6.45) is 1.19. The highest BCUT2D eigenvalue weighted by Gasteiger charge is 2.26. The smallest absolute Gasteiger partial charge is 0.340 e. The topological polar surface area (TPSA) is 90.9 Å². The SMILES string of the molecule is COC(=O)c1cc(Oc2ccnc(NCc3ccc(OC)cc3OC)c2F)c(F)c(F)c1Nc1ccc(C)cc1F. The molecule has 0 bridgehead atoms. The number of nitrogens with one attached hydrogen (secondary N) is 2. The van der Waals surface area contributed by atoms with Crippen LogP contribution >= 0.6 is 0 Å². The van der Waals surface area contributed by atoms with E-state index in [0.717, 1.165) is 19.2 Å². The minimum Gasteiger partial charge on any atom is -0.497 e. The minimum atomic E-state index is -1.57. The zero-order valence-corrected chi connectivity index (χ0v) is 22.4. The average molecular weight is 572 g/mol. The summed E-state index contributed by atoms with van der Waals surface area (Å²) in [6, 6.07) is 11.0. The number of nitrogens with zero attached hydrogens (tertiary/aromatic N) is 1. The summed E-state index contributed by atoms with van der Waals surface area (Å²) >= 11 is 0. The van der Waals surface area contributed by atoms with Crippen LogP contribution in [0.4, 0.5) is 34.8 Å². The highest BCUT2D eigenvalue weighted by molar-refractivity contribution is 5.97. The van der Waals surface area contributed by atoms with Gasteiger partial charge in [0, 0.05) is 36.5 Å². The van der Waals surface area contributed by atoms with Gasteiger partial charge < -0.3 is 29.6 Å². The quantitative estimate of drug-likeness (QED) is 0.157. The van der Waals surface area contributed by atoms with Crippen molar-refractivity contribution in [2.75, 3.05) is 32.0 Å². The Hall–Kier alpha value is -5.00. The van der Waals surface area contributed by atoms with Gasteiger partial charge in [-0.2, -0.15) is 8.78 Å². The van der Waals surface area contributed by atoms with Gasteiger partial charge in [0.25, 0.3) is 0 Å². The summed E-state index contributed by atoms with van der Waals surface area (Å²) in [5.41, 5.74) is -0.161. The molecule has 0 radical (unpaired) electrons. The van der Waals surface area contributed by atoms with Crippen molar-refractivity contribution in [2.45, 2.75) is 13.5 Å². The van der Waals surface area contributed by atoms with Crippen LogP contribution in [-0.4, -0.2) is 32.3 Å². The van der Waals surface area contributed by atoms with Crippen molar-refractivity contribution in [3.63, 3.8) is 0 Å². The van der Waals surface area contributed by atoms with Gasteiger partial charge >= 0.3 is 5.97 Å². The van der Waals surface area contributed by atoms with Crippen molar-refractivity contribution in [3.05, 3.63) is 94.7 Å². The first kappa shape index (κ1) is 29.0. The number of carbonyl (C=O) groups excluding carboxylic acids is 1. The monoisotopic (exact) mass is 571 g/mol. The maximum Gasteiger partial charge on any atom is 0.340 e. The van der Waals surface area contributed by atoms with Crippen molar-refractivity contribution in [2.24, 2.45) is 0 Å². The van der Waals surface area contributed by atoms with Gasteiger partial charge in [-0.15, -0.1) is 0 Å². The van der Waals surface area contributed by atoms with E-state index in [1.54, 1.807) is 25.1 Å². The first-order chi connectivity index (χ1) is 19.7. The van der Waals surface area contributed by atoms with Crippen molar-refractivity contribution >= 4 is 23.2 Å². The Kier molecular flexibility index (Phi) is 8.81. The summed E-state index contributed by atoms with van der Waals surface area (Å²) in [6.45, 7) is 1.74. The van der Waals surface area contributed by atoms with E-state index < -0.39 is 52.0 Å². The standard InChI is InChI=1S/C29H25F4N3O5/c1-15-5-8-20(19(30)11-15)36-27-18(29(37)40-4)13-23(24(31)26(27)33)41-21-9-10-34-28(25(21)32)35-14-16-6-7-17(38-2)12-22(16)39-3/h5-13,36H,14H2,1-4H3,(H,34,35). The van der Waals surface area contributed by atoms with Crippen molar-refractivity contribution in [1.29, 1.82) is 0 Å². The van der Waals surface area contributed by atoms with Gasteiger partial charge in [-0.05, 0) is 36.8 Å². The predicted molar refractivity (Wildman–Crippen MR) is 143 cm³/mol. The lowest BCUT2D eigenvalue weighted by atomic mass is 10.1. The number of anilines is 3. The molecule has 0 fully saturated rings. The van der Waals surface area contributed by atoms with Gasteiger partial charge in [0.2, 0.25) is 11.6 Å². The Morgan fingerprint density at radius 3 is 2.32 bits per heavy atom. The molecule has 0 atom stereocenters. The highest BCUT2D eigenvalue weighted by Crippen LogP contribution is 2.37. The second-order valence-electron chi connectivity index (χ2n) is 8.63. The number of ether oxygens (including phenoxy) is 4. The zero-order chi connectivity index (χ0) is 29.7. The molecule has 0 spiro atoms. The number of hydrogen-bond donors (Lipinski definition) is 2. The fourth-order valence-corrected chi connectivity index (χ4v) is 3.85. The van der Waals surface area contributed by atoms with E-state index in [1.165, 1.54) is 38.6 Å². The molecule has 0 saturated heterocycles. The largest absolute Gasteiger partial charge is 0.497 e. The molecule has 214 valence electrons. The van der Waals surface area contributed by atoms with E-state index in [0.29, 0.717) is 22.6 Å². The molecule has 0 aliphatic carbocycles. The molecule has 0 aliphatic rings. The number of esters is 1. The molecule has 8 nitrogen and oxygen atoms in total. The molecule has 2 N–H and O–H groups in total. The first-order valence-corrected chi connectivity index (χ1v) is 12.1. The summed E-state index contributed by atoms with van der Waals surface area (Å²) in [4.78, 5) is 16.4. The Balaban J connectivity index is 1.64. The maximum atomic E-state index is 15.3. The third-order valence-corrected chi connectivity index (χ3v) is 5.98. The van der Waals surface area contributed by atoms with E-state index >= 15 is 13.2 Å². The van der Waals surface area contributed by atoms with Crippen LogP contribution in [0.2, 0.25) is 0 Å². The van der Waals surface area contributed by atoms with Crippen LogP contribution in [0, 0.1) is 30.2 Å². The molecule has 1 heterocycles. The van der Waals surface area contributed by atoms with Crippen LogP contribution < -0.4 is 24.8 Å². The lowest BCUT2D eigenvalue weighted by Gasteiger charge is -2.17. The van der Waals surface area contributed by atoms with Crippen LogP contribution in [-0.2, 0) is 11.3 Å². The number of methoxy groups -OCH3 is 3. The van der Waals surface area contributed by atoms with Gasteiger partial charge in [-0.1, -0.05) is 6.07 Å². The lowest BCUT2D eigenvalue weighted by Crippen LogP contribution is -2.11. The zero-order valence-electron chi connectivity index (χ0n) is 22.4. The molecule has 0 unspecified atom stereocenters. The average Bonchev–Trinajstić information content (AvgIpc) is 2.97. The van der Waals surface area contributed by atoms with E-state index in [2.05, 4.69) is 20.4 Å². The Morgan fingerprint density at radius 1 is 0.854 bits per heavy atom. The molecule has 1 aromatic heterocycles. The fraction of sp³-hybridized carbons (Fsp3) is 0.172. The number of halogens is 4. The number of carbonyl (C=O) groups is 1. The van der Waals surface area contributed by atoms with E-state index in [4.69, 9.17) is 14.2 Å². The van der Waals surface area contributed by atoms with Crippen LogP contribution in [0.1, 0.15) is 21.5 Å². The van der Waals surface area contributed by atoms with Gasteiger partial charge in [0.15, 0.2) is 23.1 Å². The van der Waals surface area contributed by atoms with Crippen LogP contribution in [0.15, 0.2) is 54.7 Å². The number of hydrogen-bond acceptors (Lipinski definition) is 8. The third kappa shape index (κ3) is 6.26. The molecule has 0 amide bonds. The van der Waals surface area contributed by atoms with Crippen LogP contribution in [0.25, 0.3) is 0 Å². The van der Waals surface area contributed by atoms with E-state index in [1.807, 2.05) is 0 Å². The normalized spacial score (nSPS) is 10.6. The second kappa shape index (κ2) is 12.5. The predicted octanol–water partition coefficient (Wildman–Crippen LogP) is 6.90. The molecule has 4 rings (SSSR count). The summed E-state index contributed by atoms with van der Waals surface area (Å²) in [5, 5.41) is 5.20. The fourth-order valence-electron chi connectivity index (χ4n) is 3.85. The molecule has 12 heteroatoms. The lowest BCUT2D eigenvalue weighted by molar-refractivity contribution is 0.0601. The maximum absolute atomic E-state index is 15.3.